The highest BCUT2D eigenvalue weighted by Gasteiger charge is 1.76. The zero-order valence-electron chi connectivity index (χ0n) is 3.50. The fraction of sp³-hybridized carbons (Fsp3) is 0. The molecule has 1 radical (unpaired) electrons. The van der Waals surface area contributed by atoms with Crippen LogP contribution in [0.5, 0.6) is 0 Å². The van der Waals surface area contributed by atoms with Gasteiger partial charge in [0.2, 0.25) is 0 Å². The van der Waals surface area contributed by atoms with Gasteiger partial charge >= 0.3 is 8.60 Å². The van der Waals surface area contributed by atoms with E-state index in [1.54, 1.807) is 0 Å². The van der Waals surface area contributed by atoms with Crippen molar-refractivity contribution < 1.29 is 16.1 Å². The molecule has 0 aromatic heterocycles. The molecular formula is H7NO3P. The van der Waals surface area contributed by atoms with Crippen molar-refractivity contribution >= 4 is 8.60 Å². The van der Waals surface area contributed by atoms with Gasteiger partial charge in [-0.2, -0.15) is 0 Å². The van der Waals surface area contributed by atoms with E-state index in [0.29, 0.717) is 0 Å². The molecule has 0 aliphatic carbocycles. The maximum absolute atomic E-state index is 7.23. The smallest absolute Gasteiger partial charge is 0.324 e. The van der Waals surface area contributed by atoms with E-state index >= 15 is 0 Å². The van der Waals surface area contributed by atoms with E-state index in [4.69, 9.17) is 14.7 Å². The Morgan fingerprint density at radius 2 is 1.20 bits per heavy atom. The van der Waals surface area contributed by atoms with E-state index in [2.05, 4.69) is 0 Å². The van der Waals surface area contributed by atoms with Crippen LogP contribution in [-0.2, 0) is 0 Å². The first-order chi connectivity index (χ1) is 1.73. The largest absolute Gasteiger partial charge is 0.344 e. The summed E-state index contributed by atoms with van der Waals surface area (Å²) in [5.41, 5.74) is 0. The van der Waals surface area contributed by atoms with Crippen LogP contribution in [0.2, 0.25) is 0 Å². The lowest BCUT2D eigenvalue weighted by Crippen LogP contribution is -1.54. The fourth-order valence-corrected chi connectivity index (χ4v) is 0. The van der Waals surface area contributed by atoms with Gasteiger partial charge in [0.05, 0.1) is 0 Å². The first-order valence-corrected chi connectivity index (χ1v) is 1.80. The number of rotatable bonds is 0. The minimum Gasteiger partial charge on any atom is -0.344 e. The zero-order valence-corrected chi connectivity index (χ0v) is 3.39. The van der Waals surface area contributed by atoms with Gasteiger partial charge in [0, 0.05) is 1.43 Å². The molecule has 0 heterocycles. The van der Waals surface area contributed by atoms with E-state index in [1.807, 2.05) is 0 Å². The molecule has 0 bridgehead atoms. The summed E-state index contributed by atoms with van der Waals surface area (Å²) in [6.07, 6.45) is 0. The summed E-state index contributed by atoms with van der Waals surface area (Å²) in [5, 5.41) is 0. The maximum Gasteiger partial charge on any atom is 0.324 e. The summed E-state index contributed by atoms with van der Waals surface area (Å²) >= 11 is 0. The molecule has 0 saturated carbocycles. The lowest BCUT2D eigenvalue weighted by molar-refractivity contribution is 0.368. The van der Waals surface area contributed by atoms with Gasteiger partial charge in [-0.25, -0.2) is 0 Å². The molecule has 4 nitrogen and oxygen atoms in total. The van der Waals surface area contributed by atoms with Crippen molar-refractivity contribution in [3.05, 3.63) is 0 Å². The van der Waals surface area contributed by atoms with Gasteiger partial charge in [-0.05, 0) is 0 Å². The molecule has 0 aliphatic heterocycles. The van der Waals surface area contributed by atoms with Crippen molar-refractivity contribution in [2.75, 3.05) is 0 Å². The van der Waals surface area contributed by atoms with E-state index in [1.165, 1.54) is 0 Å². The Morgan fingerprint density at radius 1 is 1.20 bits per heavy atom. The third kappa shape index (κ3) is 302. The quantitative estimate of drug-likeness (QED) is 0.307. The summed E-state index contributed by atoms with van der Waals surface area (Å²) < 4.78 is 0. The van der Waals surface area contributed by atoms with Crippen LogP contribution in [0.1, 0.15) is 1.43 Å². The zero-order chi connectivity index (χ0) is 3.58. The Labute approximate surface area is 32.1 Å². The van der Waals surface area contributed by atoms with E-state index in [-0.39, 0.29) is 7.58 Å². The van der Waals surface area contributed by atoms with Crippen LogP contribution < -0.4 is 6.15 Å². The van der Waals surface area contributed by atoms with Crippen molar-refractivity contribution in [1.82, 2.24) is 6.15 Å². The summed E-state index contributed by atoms with van der Waals surface area (Å²) in [4.78, 5) is 21.7. The molecule has 0 spiro atoms. The summed E-state index contributed by atoms with van der Waals surface area (Å²) in [7, 11) is -2.62. The molecule has 0 rings (SSSR count). The molecule has 5 heteroatoms. The minimum absolute atomic E-state index is 0. The second-order valence-electron chi connectivity index (χ2n) is 0.268. The van der Waals surface area contributed by atoms with Crippen LogP contribution in [0, 0.1) is 0 Å². The third-order valence-electron chi connectivity index (χ3n) is 0. The van der Waals surface area contributed by atoms with Gasteiger partial charge in [-0.15, -0.1) is 0 Å². The van der Waals surface area contributed by atoms with E-state index in [0.717, 1.165) is 0 Å². The second kappa shape index (κ2) is 4.27. The Kier molecular flexibility index (Phi) is 7.67. The molecular weight excluding hydrogens is 93.0 g/mol. The van der Waals surface area contributed by atoms with E-state index < -0.39 is 8.60 Å². The first kappa shape index (κ1) is 8.99. The minimum atomic E-state index is -2.62. The van der Waals surface area contributed by atoms with Crippen LogP contribution in [0.3, 0.4) is 0 Å². The Hall–Kier alpha value is 0.270. The van der Waals surface area contributed by atoms with Gasteiger partial charge in [0.25, 0.3) is 0 Å². The molecule has 6 N–H and O–H groups in total. The second-order valence-corrected chi connectivity index (χ2v) is 0.805. The number of hydrogen-bond donors (Lipinski definition) is 4. The highest BCUT2D eigenvalue weighted by atomic mass is 31.2. The predicted molar refractivity (Wildman–Crippen MR) is 19.7 cm³/mol. The Bertz CT molecular complexity index is 15.5. The molecule has 35 valence electrons. The van der Waals surface area contributed by atoms with Crippen molar-refractivity contribution in [3.8, 4) is 0 Å². The van der Waals surface area contributed by atoms with Crippen LogP contribution in [0.4, 0.5) is 0 Å². The lowest BCUT2D eigenvalue weighted by Gasteiger charge is -1.76. The van der Waals surface area contributed by atoms with Gasteiger partial charge in [-0.1, -0.05) is 0 Å². The molecule has 0 unspecified atom stereocenters. The highest BCUT2D eigenvalue weighted by molar-refractivity contribution is 7.38. The van der Waals surface area contributed by atoms with Gasteiger partial charge < -0.3 is 20.8 Å². The van der Waals surface area contributed by atoms with Crippen molar-refractivity contribution in [2.24, 2.45) is 0 Å². The first-order valence-electron chi connectivity index (χ1n) is 0.600. The van der Waals surface area contributed by atoms with Crippen LogP contribution in [0.25, 0.3) is 0 Å². The van der Waals surface area contributed by atoms with Crippen molar-refractivity contribution in [1.29, 1.82) is 0 Å². The normalized spacial score (nSPS) is 7.20. The summed E-state index contributed by atoms with van der Waals surface area (Å²) in [6.45, 7) is 0. The van der Waals surface area contributed by atoms with Crippen molar-refractivity contribution in [2.45, 2.75) is 0 Å². The SMILES string of the molecule is N.OP(O)O.[H]. The van der Waals surface area contributed by atoms with Gasteiger partial charge in [0.1, 0.15) is 0 Å². The molecule has 0 aromatic rings. The molecule has 0 aliphatic rings. The van der Waals surface area contributed by atoms with E-state index in [9.17, 15) is 0 Å². The third-order valence-corrected chi connectivity index (χ3v) is 0. The molecule has 0 atom stereocenters. The van der Waals surface area contributed by atoms with Crippen LogP contribution in [-0.4, -0.2) is 14.7 Å². The molecule has 0 amide bonds. The van der Waals surface area contributed by atoms with Crippen LogP contribution >= 0.6 is 8.60 Å². The van der Waals surface area contributed by atoms with Gasteiger partial charge in [0.15, 0.2) is 0 Å². The predicted octanol–water partition coefficient (Wildman–Crippen LogP) is -0.535. The molecule has 0 saturated heterocycles. The molecule has 0 aromatic carbocycles. The Morgan fingerprint density at radius 3 is 1.20 bits per heavy atom. The summed E-state index contributed by atoms with van der Waals surface area (Å²) in [6, 6.07) is 0. The highest BCUT2D eigenvalue weighted by Crippen LogP contribution is 2.11. The average Bonchev–Trinajstić information content (AvgIpc) is 0.811. The fourth-order valence-electron chi connectivity index (χ4n) is 0. The maximum atomic E-state index is 7.23. The summed E-state index contributed by atoms with van der Waals surface area (Å²) in [5.74, 6) is 0. The molecule has 0 fully saturated rings. The molecule has 5 heavy (non-hydrogen) atoms. The van der Waals surface area contributed by atoms with Crippen molar-refractivity contribution in [3.63, 3.8) is 0 Å². The monoisotopic (exact) mass is 100 g/mol. The topological polar surface area (TPSA) is 95.7 Å². The number of hydrogen-bond acceptors (Lipinski definition) is 4. The standard InChI is InChI=1S/H3N.H3O3P.H/c;1-4(2)3;/h1H3;1-3H;. The lowest BCUT2D eigenvalue weighted by atomic mass is 14.0. The Balaban J connectivity index is -0.0000000450. The average molecular weight is 100 g/mol. The van der Waals surface area contributed by atoms with Gasteiger partial charge in [-0.3, -0.25) is 0 Å². The van der Waals surface area contributed by atoms with Crippen LogP contribution in [0.15, 0.2) is 0 Å².